The van der Waals surface area contributed by atoms with Crippen LogP contribution in [0, 0.1) is 0 Å². The lowest BCUT2D eigenvalue weighted by Crippen LogP contribution is -2.30. The minimum atomic E-state index is -3.55. The Morgan fingerprint density at radius 1 is 1.54 bits per heavy atom. The Bertz CT molecular complexity index is 211. The van der Waals surface area contributed by atoms with Gasteiger partial charge in [-0.3, -0.25) is 9.36 Å². The molecule has 0 saturated heterocycles. The Morgan fingerprint density at radius 2 is 2.00 bits per heavy atom. The third-order valence-corrected chi connectivity index (χ3v) is 2.73. The summed E-state index contributed by atoms with van der Waals surface area (Å²) in [5.41, 5.74) is 5.06. The van der Waals surface area contributed by atoms with Crippen LogP contribution in [0.15, 0.2) is 0 Å². The largest absolute Gasteiger partial charge is 0.480 e. The molecule has 5 N–H and O–H groups in total. The van der Waals surface area contributed by atoms with E-state index in [1.54, 1.807) is 0 Å². The fourth-order valence-corrected chi connectivity index (χ4v) is 1.36. The van der Waals surface area contributed by atoms with Crippen LogP contribution in [0.4, 0.5) is 0 Å². The average Bonchev–Trinajstić information content (AvgIpc) is 2.00. The lowest BCUT2D eigenvalue weighted by Gasteiger charge is -2.09. The molecular weight excluding hydrogens is 220 g/mol. The van der Waals surface area contributed by atoms with E-state index in [1.165, 1.54) is 0 Å². The van der Waals surface area contributed by atoms with E-state index in [0.29, 0.717) is 0 Å². The Hall–Kier alpha value is -0.130. The van der Waals surface area contributed by atoms with Crippen LogP contribution >= 0.6 is 19.8 Å². The Labute approximate surface area is 81.6 Å². The fraction of sp³-hybridized carbons (Fsp3) is 0.800. The fourth-order valence-electron chi connectivity index (χ4n) is 0.535. The lowest BCUT2D eigenvalue weighted by molar-refractivity contribution is -0.138. The Kier molecular flexibility index (Phi) is 7.49. The summed E-state index contributed by atoms with van der Waals surface area (Å²) in [7, 11) is -3.55. The molecule has 8 heteroatoms. The maximum Gasteiger partial charge on any atom is 0.320 e. The summed E-state index contributed by atoms with van der Waals surface area (Å²) in [4.78, 5) is 19.0. The molecule has 0 aliphatic carbocycles. The van der Waals surface area contributed by atoms with Crippen molar-refractivity contribution in [3.63, 3.8) is 0 Å². The van der Waals surface area contributed by atoms with Crippen LogP contribution in [-0.2, 0) is 9.36 Å². The van der Waals surface area contributed by atoms with Gasteiger partial charge >= 0.3 is 5.97 Å². The van der Waals surface area contributed by atoms with Crippen LogP contribution in [0.2, 0.25) is 0 Å². The highest BCUT2D eigenvalue weighted by Crippen LogP contribution is 2.39. The molecule has 0 bridgehead atoms. The maximum atomic E-state index is 10.8. The van der Waals surface area contributed by atoms with Gasteiger partial charge in [-0.2, -0.15) is 0 Å². The topological polar surface area (TPSA) is 121 Å². The highest BCUT2D eigenvalue weighted by Gasteiger charge is 2.20. The van der Waals surface area contributed by atoms with Gasteiger partial charge in [-0.15, -0.1) is 12.4 Å². The van der Waals surface area contributed by atoms with Crippen molar-refractivity contribution in [2.75, 3.05) is 12.5 Å². The summed E-state index contributed by atoms with van der Waals surface area (Å²) >= 11 is 0. The summed E-state index contributed by atoms with van der Waals surface area (Å²) in [5.74, 6) is -1.21. The number of aliphatic hydroxyl groups excluding tert-OH is 1. The van der Waals surface area contributed by atoms with Gasteiger partial charge < -0.3 is 20.8 Å². The van der Waals surface area contributed by atoms with Gasteiger partial charge in [0.1, 0.15) is 12.4 Å². The van der Waals surface area contributed by atoms with E-state index in [9.17, 15) is 9.36 Å². The first kappa shape index (κ1) is 15.3. The van der Waals surface area contributed by atoms with Crippen LogP contribution in [-0.4, -0.2) is 39.6 Å². The van der Waals surface area contributed by atoms with Gasteiger partial charge in [-0.1, -0.05) is 0 Å². The monoisotopic (exact) mass is 233 g/mol. The number of hydrogen-bond acceptors (Lipinski definition) is 4. The van der Waals surface area contributed by atoms with E-state index in [4.69, 9.17) is 20.8 Å². The molecule has 0 aromatic rings. The number of carbonyl (C=O) groups is 1. The van der Waals surface area contributed by atoms with Gasteiger partial charge in [-0.25, -0.2) is 0 Å². The smallest absolute Gasteiger partial charge is 0.320 e. The summed E-state index contributed by atoms with van der Waals surface area (Å²) in [6, 6.07) is -1.14. The molecule has 0 fully saturated rings. The van der Waals surface area contributed by atoms with Gasteiger partial charge in [0, 0.05) is 6.16 Å². The molecule has 0 aliphatic rings. The molecule has 13 heavy (non-hydrogen) atoms. The highest BCUT2D eigenvalue weighted by molar-refractivity contribution is 7.57. The molecule has 0 aliphatic heterocycles. The van der Waals surface area contributed by atoms with Gasteiger partial charge in [-0.05, 0) is 6.42 Å². The molecule has 0 radical (unpaired) electrons. The molecule has 0 spiro atoms. The molecule has 6 nitrogen and oxygen atoms in total. The van der Waals surface area contributed by atoms with E-state index >= 15 is 0 Å². The number of aliphatic hydroxyl groups is 1. The number of nitrogens with two attached hydrogens (primary N) is 1. The van der Waals surface area contributed by atoms with Crippen molar-refractivity contribution in [1.29, 1.82) is 0 Å². The zero-order chi connectivity index (χ0) is 9.78. The SMILES string of the molecule is Cl.N[C@@H](CCP(=O)(O)CO)C(=O)O. The predicted octanol–water partition coefficient (Wildman–Crippen LogP) is -0.570. The van der Waals surface area contributed by atoms with Crippen molar-refractivity contribution in [2.45, 2.75) is 12.5 Å². The minimum Gasteiger partial charge on any atom is -0.480 e. The quantitative estimate of drug-likeness (QED) is 0.472. The number of rotatable bonds is 5. The molecule has 1 unspecified atom stereocenters. The summed E-state index contributed by atoms with van der Waals surface area (Å²) in [6.45, 7) is 0. The lowest BCUT2D eigenvalue weighted by atomic mass is 10.2. The molecule has 80 valence electrons. The minimum absolute atomic E-state index is 0. The van der Waals surface area contributed by atoms with Gasteiger partial charge in [0.25, 0.3) is 0 Å². The first-order chi connectivity index (χ1) is 5.39. The standard InChI is InChI=1S/C5H12NO5P.ClH/c6-4(5(8)9)1-2-12(10,11)3-7;/h4,7H,1-3,6H2,(H,8,9)(H,10,11);1H/t4-;/m0./s1. The van der Waals surface area contributed by atoms with Crippen molar-refractivity contribution in [1.82, 2.24) is 0 Å². The Morgan fingerprint density at radius 3 is 2.31 bits per heavy atom. The number of aliphatic carboxylic acids is 1. The van der Waals surface area contributed by atoms with E-state index in [1.807, 2.05) is 0 Å². The van der Waals surface area contributed by atoms with Gasteiger partial charge in [0.15, 0.2) is 0 Å². The van der Waals surface area contributed by atoms with Crippen molar-refractivity contribution < 1.29 is 24.5 Å². The number of halogens is 1. The van der Waals surface area contributed by atoms with E-state index in [2.05, 4.69) is 0 Å². The second-order valence-corrected chi connectivity index (χ2v) is 4.87. The van der Waals surface area contributed by atoms with Crippen LogP contribution in [0.25, 0.3) is 0 Å². The number of hydrogen-bond donors (Lipinski definition) is 4. The van der Waals surface area contributed by atoms with Gasteiger partial charge in [0.2, 0.25) is 7.37 Å². The van der Waals surface area contributed by atoms with Gasteiger partial charge in [0.05, 0.1) is 0 Å². The zero-order valence-corrected chi connectivity index (χ0v) is 8.50. The number of carboxylic acid groups (broad SMARTS) is 1. The summed E-state index contributed by atoms with van der Waals surface area (Å²) in [6.07, 6.45) is -1.21. The van der Waals surface area contributed by atoms with E-state index in [0.717, 1.165) is 0 Å². The van der Waals surface area contributed by atoms with Crippen molar-refractivity contribution in [3.05, 3.63) is 0 Å². The van der Waals surface area contributed by atoms with Crippen LogP contribution in [0.5, 0.6) is 0 Å². The predicted molar refractivity (Wildman–Crippen MR) is 49.3 cm³/mol. The second kappa shape index (κ2) is 6.34. The number of carboxylic acids is 1. The van der Waals surface area contributed by atoms with Crippen molar-refractivity contribution >= 4 is 25.7 Å². The third kappa shape index (κ3) is 6.98. The normalized spacial score (nSPS) is 16.8. The van der Waals surface area contributed by atoms with Crippen molar-refractivity contribution in [2.24, 2.45) is 5.73 Å². The molecule has 0 amide bonds. The first-order valence-corrected chi connectivity index (χ1v) is 5.32. The van der Waals surface area contributed by atoms with Crippen LogP contribution in [0.1, 0.15) is 6.42 Å². The second-order valence-electron chi connectivity index (χ2n) is 2.44. The molecule has 0 aromatic heterocycles. The van der Waals surface area contributed by atoms with Crippen LogP contribution in [0.3, 0.4) is 0 Å². The first-order valence-electron chi connectivity index (χ1n) is 3.29. The van der Waals surface area contributed by atoms with Crippen LogP contribution < -0.4 is 5.73 Å². The molecular formula is C5H13ClNO5P. The summed E-state index contributed by atoms with van der Waals surface area (Å²) < 4.78 is 10.8. The molecule has 0 saturated carbocycles. The molecule has 0 aromatic carbocycles. The molecule has 0 rings (SSSR count). The zero-order valence-electron chi connectivity index (χ0n) is 6.79. The highest BCUT2D eigenvalue weighted by atomic mass is 35.5. The van der Waals surface area contributed by atoms with E-state index in [-0.39, 0.29) is 25.0 Å². The van der Waals surface area contributed by atoms with E-state index < -0.39 is 25.7 Å². The average molecular weight is 234 g/mol. The maximum absolute atomic E-state index is 10.8. The van der Waals surface area contributed by atoms with Crippen molar-refractivity contribution in [3.8, 4) is 0 Å². The summed E-state index contributed by atoms with van der Waals surface area (Å²) in [5, 5.41) is 16.6. The Balaban J connectivity index is 0. The third-order valence-electron chi connectivity index (χ3n) is 1.33. The molecule has 2 atom stereocenters. The molecule has 0 heterocycles.